The van der Waals surface area contributed by atoms with Gasteiger partial charge < -0.3 is 0 Å². The van der Waals surface area contributed by atoms with Crippen LogP contribution < -0.4 is 0 Å². The lowest BCUT2D eigenvalue weighted by Crippen LogP contribution is -1.83. The van der Waals surface area contributed by atoms with E-state index in [0.717, 1.165) is 0 Å². The van der Waals surface area contributed by atoms with Gasteiger partial charge in [0, 0.05) is 24.4 Å². The third-order valence-electron chi connectivity index (χ3n) is 4.55. The van der Waals surface area contributed by atoms with Gasteiger partial charge in [-0.3, -0.25) is 0 Å². The van der Waals surface area contributed by atoms with Crippen molar-refractivity contribution in [3.8, 4) is 19.5 Å². The highest BCUT2D eigenvalue weighted by atomic mass is 32.1. The predicted octanol–water partition coefficient (Wildman–Crippen LogP) is 8.89. The summed E-state index contributed by atoms with van der Waals surface area (Å²) in [5.41, 5.74) is 0. The quantitative estimate of drug-likeness (QED) is 0.288. The fraction of sp³-hybridized carbons (Fsp3) is 0.455. The van der Waals surface area contributed by atoms with Crippen molar-refractivity contribution in [2.24, 2.45) is 0 Å². The molecule has 0 radical (unpaired) electrons. The van der Waals surface area contributed by atoms with E-state index in [1.165, 1.54) is 77.3 Å². The number of thiophene rings is 3. The van der Waals surface area contributed by atoms with Crippen LogP contribution in [0.3, 0.4) is 0 Å². The Balaban J connectivity index is 1.42. The fourth-order valence-electron chi connectivity index (χ4n) is 3.10. The van der Waals surface area contributed by atoms with E-state index in [9.17, 15) is 0 Å². The van der Waals surface area contributed by atoms with Crippen molar-refractivity contribution in [2.75, 3.05) is 0 Å². The molecule has 3 heteroatoms. The minimum Gasteiger partial charge on any atom is -0.143 e. The van der Waals surface area contributed by atoms with Crippen LogP contribution in [0.2, 0.25) is 0 Å². The molecular weight excluding hydrogens is 360 g/mol. The van der Waals surface area contributed by atoms with Gasteiger partial charge in [-0.15, -0.1) is 34.0 Å². The fourth-order valence-corrected chi connectivity index (χ4v) is 6.08. The summed E-state index contributed by atoms with van der Waals surface area (Å²) >= 11 is 5.73. The van der Waals surface area contributed by atoms with Crippen molar-refractivity contribution >= 4 is 34.0 Å². The van der Waals surface area contributed by atoms with E-state index in [-0.39, 0.29) is 0 Å². The van der Waals surface area contributed by atoms with Crippen molar-refractivity contribution < 1.29 is 0 Å². The Bertz CT molecular complexity index is 718. The van der Waals surface area contributed by atoms with Crippen LogP contribution in [0.25, 0.3) is 19.5 Å². The lowest BCUT2D eigenvalue weighted by Gasteiger charge is -2.00. The van der Waals surface area contributed by atoms with Gasteiger partial charge in [0.15, 0.2) is 0 Å². The molecule has 0 nitrogen and oxygen atoms in total. The average molecular weight is 389 g/mol. The molecule has 134 valence electrons. The van der Waals surface area contributed by atoms with Gasteiger partial charge in [-0.05, 0) is 48.6 Å². The lowest BCUT2D eigenvalue weighted by atomic mass is 10.1. The molecule has 0 aliphatic rings. The van der Waals surface area contributed by atoms with Crippen molar-refractivity contribution in [1.29, 1.82) is 0 Å². The summed E-state index contributed by atoms with van der Waals surface area (Å²) in [6, 6.07) is 13.5. The van der Waals surface area contributed by atoms with Crippen molar-refractivity contribution in [3.63, 3.8) is 0 Å². The minimum absolute atomic E-state index is 1.25. The highest BCUT2D eigenvalue weighted by molar-refractivity contribution is 7.26. The molecule has 0 unspecified atom stereocenters. The van der Waals surface area contributed by atoms with Gasteiger partial charge in [0.2, 0.25) is 0 Å². The van der Waals surface area contributed by atoms with Crippen molar-refractivity contribution in [2.45, 2.75) is 64.7 Å². The molecule has 3 rings (SSSR count). The third-order valence-corrected chi connectivity index (χ3v) is 8.04. The second-order valence-corrected chi connectivity index (χ2v) is 9.83. The van der Waals surface area contributed by atoms with E-state index in [4.69, 9.17) is 0 Å². The molecule has 0 aliphatic heterocycles. The molecule has 3 aromatic heterocycles. The standard InChI is InChI=1S/C22H28S3/c1-2-3-4-5-6-7-8-9-11-18-13-14-21(24-18)22-16-15-20(25-22)19-12-10-17-23-19/h10,12-17H,2-9,11H2,1H3. The molecule has 3 aromatic rings. The molecule has 0 saturated carbocycles. The second kappa shape index (κ2) is 10.3. The van der Waals surface area contributed by atoms with E-state index in [1.54, 1.807) is 4.88 Å². The molecule has 0 amide bonds. The second-order valence-electron chi connectivity index (χ2n) is 6.63. The highest BCUT2D eigenvalue weighted by Crippen LogP contribution is 2.39. The van der Waals surface area contributed by atoms with E-state index >= 15 is 0 Å². The van der Waals surface area contributed by atoms with Gasteiger partial charge in [0.05, 0.1) is 0 Å². The largest absolute Gasteiger partial charge is 0.143 e. The number of rotatable bonds is 11. The van der Waals surface area contributed by atoms with Crippen molar-refractivity contribution in [1.82, 2.24) is 0 Å². The Hall–Kier alpha value is -0.900. The number of hydrogen-bond acceptors (Lipinski definition) is 3. The average Bonchev–Trinajstić information content (AvgIpc) is 3.37. The van der Waals surface area contributed by atoms with Gasteiger partial charge in [-0.2, -0.15) is 0 Å². The monoisotopic (exact) mass is 388 g/mol. The zero-order valence-electron chi connectivity index (χ0n) is 15.1. The Kier molecular flexibility index (Phi) is 7.78. The van der Waals surface area contributed by atoms with Crippen LogP contribution >= 0.6 is 34.0 Å². The molecule has 0 fully saturated rings. The molecule has 3 heterocycles. The zero-order chi connectivity index (χ0) is 17.3. The first kappa shape index (κ1) is 18.9. The molecular formula is C22H28S3. The first-order chi connectivity index (χ1) is 12.4. The van der Waals surface area contributed by atoms with Crippen LogP contribution in [-0.4, -0.2) is 0 Å². The summed E-state index contributed by atoms with van der Waals surface area (Å²) in [6.07, 6.45) is 12.4. The minimum atomic E-state index is 1.25. The van der Waals surface area contributed by atoms with Gasteiger partial charge in [0.25, 0.3) is 0 Å². The Morgan fingerprint density at radius 1 is 0.640 bits per heavy atom. The number of unbranched alkanes of at least 4 members (excludes halogenated alkanes) is 7. The van der Waals surface area contributed by atoms with Gasteiger partial charge in [-0.25, -0.2) is 0 Å². The molecule has 0 N–H and O–H groups in total. The van der Waals surface area contributed by atoms with Crippen molar-refractivity contribution in [3.05, 3.63) is 46.7 Å². The maximum Gasteiger partial charge on any atom is 0.0449 e. The summed E-state index contributed by atoms with van der Waals surface area (Å²) in [7, 11) is 0. The Labute approximate surface area is 164 Å². The third kappa shape index (κ3) is 5.80. The van der Waals surface area contributed by atoms with Crippen LogP contribution in [0.4, 0.5) is 0 Å². The first-order valence-electron chi connectivity index (χ1n) is 9.59. The molecule has 25 heavy (non-hydrogen) atoms. The predicted molar refractivity (Wildman–Crippen MR) is 117 cm³/mol. The van der Waals surface area contributed by atoms with Crippen LogP contribution in [0, 0.1) is 0 Å². The summed E-state index contributed by atoms with van der Waals surface area (Å²) in [5.74, 6) is 0. The summed E-state index contributed by atoms with van der Waals surface area (Å²) in [6.45, 7) is 2.29. The van der Waals surface area contributed by atoms with Crippen LogP contribution in [0.1, 0.15) is 63.2 Å². The Morgan fingerprint density at radius 3 is 2.00 bits per heavy atom. The topological polar surface area (TPSA) is 0 Å². The normalized spacial score (nSPS) is 11.2. The van der Waals surface area contributed by atoms with Crippen LogP contribution in [-0.2, 0) is 6.42 Å². The molecule has 0 saturated heterocycles. The molecule has 0 aromatic carbocycles. The summed E-state index contributed by atoms with van der Waals surface area (Å²) in [5, 5.41) is 2.15. The molecule has 0 aliphatic carbocycles. The zero-order valence-corrected chi connectivity index (χ0v) is 17.6. The van der Waals surface area contributed by atoms with Gasteiger partial charge in [0.1, 0.15) is 0 Å². The van der Waals surface area contributed by atoms with Gasteiger partial charge in [-0.1, -0.05) is 57.9 Å². The number of aryl methyl sites for hydroxylation is 1. The summed E-state index contributed by atoms with van der Waals surface area (Å²) < 4.78 is 0. The summed E-state index contributed by atoms with van der Waals surface area (Å²) in [4.78, 5) is 7.17. The lowest BCUT2D eigenvalue weighted by molar-refractivity contribution is 0.576. The Morgan fingerprint density at radius 2 is 1.28 bits per heavy atom. The van der Waals surface area contributed by atoms with Gasteiger partial charge >= 0.3 is 0 Å². The molecule has 0 spiro atoms. The smallest absolute Gasteiger partial charge is 0.0449 e. The van der Waals surface area contributed by atoms with E-state index < -0.39 is 0 Å². The SMILES string of the molecule is CCCCCCCCCCc1ccc(-c2ccc(-c3cccs3)s2)s1. The highest BCUT2D eigenvalue weighted by Gasteiger charge is 2.08. The van der Waals surface area contributed by atoms with E-state index in [1.807, 2.05) is 34.0 Å². The maximum atomic E-state index is 2.34. The molecule has 0 atom stereocenters. The first-order valence-corrected chi connectivity index (χ1v) is 12.1. The van der Waals surface area contributed by atoms with Crippen LogP contribution in [0.15, 0.2) is 41.8 Å². The van der Waals surface area contributed by atoms with E-state index in [0.29, 0.717) is 0 Å². The van der Waals surface area contributed by atoms with Crippen LogP contribution in [0.5, 0.6) is 0 Å². The maximum absolute atomic E-state index is 2.34. The molecule has 0 bridgehead atoms. The van der Waals surface area contributed by atoms with E-state index in [2.05, 4.69) is 48.7 Å². The number of hydrogen-bond donors (Lipinski definition) is 0.